The predicted molar refractivity (Wildman–Crippen MR) is 99.3 cm³/mol. The minimum absolute atomic E-state index is 0.166. The number of aromatic nitrogens is 3. The van der Waals surface area contributed by atoms with Gasteiger partial charge in [0.1, 0.15) is 12.1 Å². The first-order chi connectivity index (χ1) is 12.6. The lowest BCUT2D eigenvalue weighted by atomic mass is 10.2. The zero-order chi connectivity index (χ0) is 18.1. The van der Waals surface area contributed by atoms with Crippen LogP contribution in [-0.4, -0.2) is 53.4 Å². The number of hydrogen-bond donors (Lipinski definition) is 0. The third-order valence-corrected chi connectivity index (χ3v) is 6.76. The smallest absolute Gasteiger partial charge is 0.244 e. The van der Waals surface area contributed by atoms with E-state index in [0.717, 1.165) is 11.2 Å². The third-order valence-electron chi connectivity index (χ3n) is 4.68. The Morgan fingerprint density at radius 1 is 1.08 bits per heavy atom. The Balaban J connectivity index is 1.65. The molecular formula is C18H19N5O2S. The Bertz CT molecular complexity index is 1020. The van der Waals surface area contributed by atoms with Crippen molar-refractivity contribution in [1.29, 1.82) is 0 Å². The number of rotatable bonds is 3. The molecule has 1 aromatic carbocycles. The van der Waals surface area contributed by atoms with E-state index in [0.29, 0.717) is 29.9 Å². The molecule has 0 N–H and O–H groups in total. The SMILES string of the molecule is CC1CN(c2ccncn2)CCN1S(=O)(=O)c1cccc2cnccc12. The molecule has 1 aliphatic rings. The van der Waals surface area contributed by atoms with Crippen LogP contribution in [0.1, 0.15) is 6.92 Å². The van der Waals surface area contributed by atoms with E-state index < -0.39 is 10.0 Å². The molecule has 0 aliphatic carbocycles. The number of pyridine rings is 1. The number of benzene rings is 1. The van der Waals surface area contributed by atoms with Crippen LogP contribution >= 0.6 is 0 Å². The van der Waals surface area contributed by atoms with Gasteiger partial charge >= 0.3 is 0 Å². The molecule has 1 unspecified atom stereocenters. The van der Waals surface area contributed by atoms with Crippen LogP contribution in [0.2, 0.25) is 0 Å². The van der Waals surface area contributed by atoms with Gasteiger partial charge in [-0.1, -0.05) is 12.1 Å². The quantitative estimate of drug-likeness (QED) is 0.702. The lowest BCUT2D eigenvalue weighted by Crippen LogP contribution is -2.54. The molecule has 4 rings (SSSR count). The minimum atomic E-state index is -3.60. The molecule has 0 saturated carbocycles. The zero-order valence-corrected chi connectivity index (χ0v) is 15.2. The topological polar surface area (TPSA) is 79.3 Å². The van der Waals surface area contributed by atoms with Gasteiger partial charge in [-0.3, -0.25) is 4.98 Å². The highest BCUT2D eigenvalue weighted by Gasteiger charge is 2.34. The van der Waals surface area contributed by atoms with Crippen LogP contribution in [0.5, 0.6) is 0 Å². The normalized spacial score (nSPS) is 19.0. The minimum Gasteiger partial charge on any atom is -0.354 e. The van der Waals surface area contributed by atoms with Gasteiger partial charge in [-0.25, -0.2) is 18.4 Å². The van der Waals surface area contributed by atoms with Crippen molar-refractivity contribution < 1.29 is 8.42 Å². The Labute approximate surface area is 152 Å². The molecule has 2 aromatic heterocycles. The Morgan fingerprint density at radius 2 is 1.92 bits per heavy atom. The van der Waals surface area contributed by atoms with Crippen molar-refractivity contribution in [3.63, 3.8) is 0 Å². The van der Waals surface area contributed by atoms with Crippen molar-refractivity contribution in [2.75, 3.05) is 24.5 Å². The maximum atomic E-state index is 13.3. The van der Waals surface area contributed by atoms with Crippen LogP contribution < -0.4 is 4.90 Å². The average molecular weight is 369 g/mol. The monoisotopic (exact) mass is 369 g/mol. The number of piperazine rings is 1. The molecule has 0 amide bonds. The van der Waals surface area contributed by atoms with Gasteiger partial charge in [0.15, 0.2) is 0 Å². The summed E-state index contributed by atoms with van der Waals surface area (Å²) in [6.07, 6.45) is 6.51. The van der Waals surface area contributed by atoms with Crippen LogP contribution in [0.3, 0.4) is 0 Å². The second kappa shape index (κ2) is 6.62. The molecule has 1 aliphatic heterocycles. The Morgan fingerprint density at radius 3 is 2.69 bits per heavy atom. The molecule has 134 valence electrons. The van der Waals surface area contributed by atoms with Crippen molar-refractivity contribution >= 4 is 26.6 Å². The standard InChI is InChI=1S/C18H19N5O2S/c1-14-12-22(18-6-8-20-13-21-18)9-10-23(14)26(24,25)17-4-2-3-15-11-19-7-5-16(15)17/h2-8,11,13-14H,9-10,12H2,1H3. The largest absolute Gasteiger partial charge is 0.354 e. The van der Waals surface area contributed by atoms with Gasteiger partial charge in [-0.2, -0.15) is 4.31 Å². The molecule has 8 heteroatoms. The summed E-state index contributed by atoms with van der Waals surface area (Å²) < 4.78 is 28.2. The highest BCUT2D eigenvalue weighted by Crippen LogP contribution is 2.28. The van der Waals surface area contributed by atoms with Crippen molar-refractivity contribution in [2.45, 2.75) is 17.9 Å². The number of anilines is 1. The van der Waals surface area contributed by atoms with Crippen LogP contribution in [0.15, 0.2) is 60.1 Å². The molecule has 1 fully saturated rings. The van der Waals surface area contributed by atoms with Gasteiger partial charge in [0.2, 0.25) is 10.0 Å². The first kappa shape index (κ1) is 16.9. The van der Waals surface area contributed by atoms with E-state index in [9.17, 15) is 8.42 Å². The highest BCUT2D eigenvalue weighted by atomic mass is 32.2. The molecule has 26 heavy (non-hydrogen) atoms. The van der Waals surface area contributed by atoms with Crippen LogP contribution in [0.4, 0.5) is 5.82 Å². The van der Waals surface area contributed by atoms with Crippen molar-refractivity contribution in [3.05, 3.63) is 55.2 Å². The summed E-state index contributed by atoms with van der Waals surface area (Å²) in [6.45, 7) is 3.52. The molecule has 1 saturated heterocycles. The summed E-state index contributed by atoms with van der Waals surface area (Å²) in [5.74, 6) is 0.820. The van der Waals surface area contributed by atoms with Gasteiger partial charge in [0.05, 0.1) is 4.90 Å². The summed E-state index contributed by atoms with van der Waals surface area (Å²) in [6, 6.07) is 8.73. The molecule has 7 nitrogen and oxygen atoms in total. The molecule has 0 bridgehead atoms. The molecule has 0 radical (unpaired) electrons. The second-order valence-corrected chi connectivity index (χ2v) is 8.19. The van der Waals surface area contributed by atoms with Crippen molar-refractivity contribution in [1.82, 2.24) is 19.3 Å². The summed E-state index contributed by atoms with van der Waals surface area (Å²) >= 11 is 0. The van der Waals surface area contributed by atoms with E-state index in [-0.39, 0.29) is 6.04 Å². The molecule has 3 heterocycles. The van der Waals surface area contributed by atoms with E-state index in [1.165, 1.54) is 6.33 Å². The summed E-state index contributed by atoms with van der Waals surface area (Å²) in [7, 11) is -3.60. The molecule has 3 aromatic rings. The van der Waals surface area contributed by atoms with Gasteiger partial charge in [0.25, 0.3) is 0 Å². The summed E-state index contributed by atoms with van der Waals surface area (Å²) in [5.41, 5.74) is 0. The first-order valence-corrected chi connectivity index (χ1v) is 9.87. The van der Waals surface area contributed by atoms with E-state index in [2.05, 4.69) is 19.9 Å². The van der Waals surface area contributed by atoms with Crippen LogP contribution in [0, 0.1) is 0 Å². The van der Waals surface area contributed by atoms with Gasteiger partial charge in [-0.05, 0) is 25.1 Å². The first-order valence-electron chi connectivity index (χ1n) is 8.43. The number of sulfonamides is 1. The zero-order valence-electron chi connectivity index (χ0n) is 14.4. The Hall–Kier alpha value is -2.58. The molecular weight excluding hydrogens is 350 g/mol. The van der Waals surface area contributed by atoms with Crippen molar-refractivity contribution in [3.8, 4) is 0 Å². The lowest BCUT2D eigenvalue weighted by Gasteiger charge is -2.39. The fraction of sp³-hybridized carbons (Fsp3) is 0.278. The maximum absolute atomic E-state index is 13.3. The second-order valence-electron chi connectivity index (χ2n) is 6.33. The van der Waals surface area contributed by atoms with E-state index >= 15 is 0 Å². The fourth-order valence-electron chi connectivity index (χ4n) is 3.42. The number of hydrogen-bond acceptors (Lipinski definition) is 6. The molecule has 0 spiro atoms. The number of nitrogens with zero attached hydrogens (tertiary/aromatic N) is 5. The molecule has 1 atom stereocenters. The fourth-order valence-corrected chi connectivity index (χ4v) is 5.25. The van der Waals surface area contributed by atoms with Gasteiger partial charge < -0.3 is 4.90 Å². The lowest BCUT2D eigenvalue weighted by molar-refractivity contribution is 0.306. The summed E-state index contributed by atoms with van der Waals surface area (Å²) in [5, 5.41) is 1.52. The van der Waals surface area contributed by atoms with Gasteiger partial charge in [0, 0.05) is 55.0 Å². The number of fused-ring (bicyclic) bond motifs is 1. The Kier molecular flexibility index (Phi) is 4.29. The third kappa shape index (κ3) is 2.91. The van der Waals surface area contributed by atoms with E-state index in [1.807, 2.05) is 19.1 Å². The predicted octanol–water partition coefficient (Wildman–Crippen LogP) is 1.92. The van der Waals surface area contributed by atoms with E-state index in [4.69, 9.17) is 0 Å². The van der Waals surface area contributed by atoms with Crippen LogP contribution in [0.25, 0.3) is 10.8 Å². The van der Waals surface area contributed by atoms with Gasteiger partial charge in [-0.15, -0.1) is 0 Å². The van der Waals surface area contributed by atoms with Crippen molar-refractivity contribution in [2.24, 2.45) is 0 Å². The van der Waals surface area contributed by atoms with Crippen LogP contribution in [-0.2, 0) is 10.0 Å². The highest BCUT2D eigenvalue weighted by molar-refractivity contribution is 7.89. The van der Waals surface area contributed by atoms with E-state index in [1.54, 1.807) is 41.1 Å². The summed E-state index contributed by atoms with van der Waals surface area (Å²) in [4.78, 5) is 14.7. The maximum Gasteiger partial charge on any atom is 0.244 e. The average Bonchev–Trinajstić information content (AvgIpc) is 2.68.